The summed E-state index contributed by atoms with van der Waals surface area (Å²) in [5.41, 5.74) is 4.80. The van der Waals surface area contributed by atoms with Gasteiger partial charge in [0.05, 0.1) is 11.9 Å². The molecule has 2 N–H and O–H groups in total. The quantitative estimate of drug-likeness (QED) is 0.774. The van der Waals surface area contributed by atoms with Crippen molar-refractivity contribution in [2.24, 2.45) is 10.7 Å². The van der Waals surface area contributed by atoms with Crippen molar-refractivity contribution >= 4 is 21.8 Å². The standard InChI is InChI=1S/C18H18F2N4O3S/c1-18(10-28(26,27)24(2)17(21)23-18)13-7-11(3-5-14(13)20)8-16(25)15-6-4-12(19)9-22-15/h3-7,9H,8,10H2,1-2H3,(H2,21,23)/t18-/m0/s1. The molecule has 2 heterocycles. The van der Waals surface area contributed by atoms with Gasteiger partial charge >= 0.3 is 0 Å². The van der Waals surface area contributed by atoms with E-state index >= 15 is 0 Å². The topological polar surface area (TPSA) is 106 Å². The highest BCUT2D eigenvalue weighted by atomic mass is 32.2. The molecule has 148 valence electrons. The molecular formula is C18H18F2N4O3S. The number of hydrogen-bond acceptors (Lipinski definition) is 6. The molecule has 1 aromatic heterocycles. The summed E-state index contributed by atoms with van der Waals surface area (Å²) < 4.78 is 53.0. The number of rotatable bonds is 4. The van der Waals surface area contributed by atoms with Crippen molar-refractivity contribution in [3.05, 3.63) is 65.0 Å². The largest absolute Gasteiger partial charge is 0.369 e. The number of aliphatic imine (C=N–C) groups is 1. The summed E-state index contributed by atoms with van der Waals surface area (Å²) in [5.74, 6) is -2.32. The third-order valence-electron chi connectivity index (χ3n) is 4.55. The van der Waals surface area contributed by atoms with Gasteiger partial charge in [-0.25, -0.2) is 26.5 Å². The van der Waals surface area contributed by atoms with Gasteiger partial charge in [-0.05, 0) is 36.8 Å². The van der Waals surface area contributed by atoms with E-state index in [1.165, 1.54) is 32.2 Å². The monoisotopic (exact) mass is 408 g/mol. The second-order valence-electron chi connectivity index (χ2n) is 6.74. The zero-order valence-electron chi connectivity index (χ0n) is 15.2. The van der Waals surface area contributed by atoms with Crippen molar-refractivity contribution in [2.45, 2.75) is 18.9 Å². The minimum atomic E-state index is -3.77. The number of halogens is 2. The van der Waals surface area contributed by atoms with Crippen LogP contribution in [0.25, 0.3) is 0 Å². The first-order valence-electron chi connectivity index (χ1n) is 8.27. The molecule has 1 atom stereocenters. The van der Waals surface area contributed by atoms with Gasteiger partial charge in [-0.2, -0.15) is 0 Å². The normalized spacial score (nSPS) is 21.3. The van der Waals surface area contributed by atoms with Crippen LogP contribution in [0.2, 0.25) is 0 Å². The van der Waals surface area contributed by atoms with E-state index in [0.29, 0.717) is 5.56 Å². The summed E-state index contributed by atoms with van der Waals surface area (Å²) in [5, 5.41) is 0. The lowest BCUT2D eigenvalue weighted by Gasteiger charge is -2.34. The van der Waals surface area contributed by atoms with Gasteiger partial charge in [0.15, 0.2) is 5.78 Å². The van der Waals surface area contributed by atoms with Crippen LogP contribution in [0.4, 0.5) is 8.78 Å². The Kier molecular flexibility index (Phi) is 4.92. The van der Waals surface area contributed by atoms with E-state index in [4.69, 9.17) is 5.73 Å². The highest BCUT2D eigenvalue weighted by Gasteiger charge is 2.41. The maximum absolute atomic E-state index is 14.5. The molecule has 0 unspecified atom stereocenters. The summed E-state index contributed by atoms with van der Waals surface area (Å²) in [6, 6.07) is 6.35. The molecule has 28 heavy (non-hydrogen) atoms. The van der Waals surface area contributed by atoms with Crippen molar-refractivity contribution in [3.8, 4) is 0 Å². The fourth-order valence-electron chi connectivity index (χ4n) is 3.00. The summed E-state index contributed by atoms with van der Waals surface area (Å²) >= 11 is 0. The van der Waals surface area contributed by atoms with E-state index in [9.17, 15) is 22.0 Å². The average molecular weight is 408 g/mol. The highest BCUT2D eigenvalue weighted by Crippen LogP contribution is 2.34. The molecule has 0 fully saturated rings. The maximum atomic E-state index is 14.5. The second kappa shape index (κ2) is 6.93. The van der Waals surface area contributed by atoms with Crippen LogP contribution in [-0.4, -0.2) is 42.3 Å². The number of nitrogens with zero attached hydrogens (tertiary/aromatic N) is 3. The van der Waals surface area contributed by atoms with Gasteiger partial charge in [-0.15, -0.1) is 0 Å². The Labute approximate surface area is 161 Å². The number of hydrogen-bond donors (Lipinski definition) is 1. The van der Waals surface area contributed by atoms with Gasteiger partial charge in [-0.1, -0.05) is 6.07 Å². The predicted octanol–water partition coefficient (Wildman–Crippen LogP) is 1.59. The Bertz CT molecular complexity index is 1070. The second-order valence-corrected chi connectivity index (χ2v) is 8.74. The summed E-state index contributed by atoms with van der Waals surface area (Å²) in [7, 11) is -2.50. The zero-order chi connectivity index (χ0) is 20.7. The Morgan fingerprint density at radius 3 is 2.61 bits per heavy atom. The first kappa shape index (κ1) is 19.9. The van der Waals surface area contributed by atoms with Gasteiger partial charge < -0.3 is 5.73 Å². The molecule has 10 heteroatoms. The molecule has 0 spiro atoms. The van der Waals surface area contributed by atoms with E-state index in [1.54, 1.807) is 0 Å². The van der Waals surface area contributed by atoms with Crippen molar-refractivity contribution in [2.75, 3.05) is 12.8 Å². The number of carbonyl (C=O) groups excluding carboxylic acids is 1. The number of sulfonamides is 1. The van der Waals surface area contributed by atoms with Crippen molar-refractivity contribution < 1.29 is 22.0 Å². The van der Waals surface area contributed by atoms with E-state index in [2.05, 4.69) is 9.98 Å². The van der Waals surface area contributed by atoms with Gasteiger partial charge in [0.1, 0.15) is 22.9 Å². The number of Topliss-reactive ketones (excluding diaryl/α,β-unsaturated/α-hetero) is 1. The van der Waals surface area contributed by atoms with Crippen molar-refractivity contribution in [1.29, 1.82) is 0 Å². The van der Waals surface area contributed by atoms with Gasteiger partial charge in [-0.3, -0.25) is 9.78 Å². The first-order chi connectivity index (χ1) is 13.0. The predicted molar refractivity (Wildman–Crippen MR) is 99.2 cm³/mol. The van der Waals surface area contributed by atoms with E-state index in [1.807, 2.05) is 0 Å². The summed E-state index contributed by atoms with van der Waals surface area (Å²) in [4.78, 5) is 20.3. The smallest absolute Gasteiger partial charge is 0.239 e. The molecule has 0 radical (unpaired) electrons. The van der Waals surface area contributed by atoms with Crippen LogP contribution in [0.3, 0.4) is 0 Å². The molecule has 1 aliphatic heterocycles. The van der Waals surface area contributed by atoms with Crippen molar-refractivity contribution in [3.63, 3.8) is 0 Å². The van der Waals surface area contributed by atoms with Crippen LogP contribution in [0, 0.1) is 11.6 Å². The van der Waals surface area contributed by atoms with Gasteiger partial charge in [0.2, 0.25) is 16.0 Å². The lowest BCUT2D eigenvalue weighted by atomic mass is 9.91. The first-order valence-corrected chi connectivity index (χ1v) is 9.88. The third-order valence-corrected chi connectivity index (χ3v) is 6.50. The number of ketones is 1. The van der Waals surface area contributed by atoms with E-state index in [-0.39, 0.29) is 29.4 Å². The molecule has 0 aliphatic carbocycles. The van der Waals surface area contributed by atoms with E-state index in [0.717, 1.165) is 22.6 Å². The number of carbonyl (C=O) groups is 1. The number of guanidine groups is 1. The lowest BCUT2D eigenvalue weighted by Crippen LogP contribution is -2.50. The molecule has 1 aromatic carbocycles. The maximum Gasteiger partial charge on any atom is 0.239 e. The number of pyridine rings is 1. The molecule has 2 aromatic rings. The number of aromatic nitrogens is 1. The summed E-state index contributed by atoms with van der Waals surface area (Å²) in [6.07, 6.45) is 0.819. The van der Waals surface area contributed by atoms with Crippen LogP contribution in [-0.2, 0) is 22.0 Å². The Morgan fingerprint density at radius 2 is 2.00 bits per heavy atom. The van der Waals surface area contributed by atoms with Gasteiger partial charge in [0, 0.05) is 19.0 Å². The molecule has 7 nitrogen and oxygen atoms in total. The molecule has 1 aliphatic rings. The van der Waals surface area contributed by atoms with Crippen molar-refractivity contribution in [1.82, 2.24) is 9.29 Å². The number of benzene rings is 1. The number of nitrogens with two attached hydrogens (primary N) is 1. The Balaban J connectivity index is 1.96. The molecular weight excluding hydrogens is 390 g/mol. The van der Waals surface area contributed by atoms with Gasteiger partial charge in [0.25, 0.3) is 0 Å². The van der Waals surface area contributed by atoms with Crippen LogP contribution in [0.5, 0.6) is 0 Å². The van der Waals surface area contributed by atoms with Crippen LogP contribution in [0.1, 0.15) is 28.5 Å². The van der Waals surface area contributed by atoms with Crippen LogP contribution < -0.4 is 5.73 Å². The third kappa shape index (κ3) is 3.72. The zero-order valence-corrected chi connectivity index (χ0v) is 16.0. The lowest BCUT2D eigenvalue weighted by molar-refractivity contribution is 0.0988. The van der Waals surface area contributed by atoms with Crippen LogP contribution >= 0.6 is 0 Å². The molecule has 0 bridgehead atoms. The minimum Gasteiger partial charge on any atom is -0.369 e. The van der Waals surface area contributed by atoms with E-state index < -0.39 is 32.9 Å². The minimum absolute atomic E-state index is 0.0180. The highest BCUT2D eigenvalue weighted by molar-refractivity contribution is 7.89. The molecule has 0 saturated heterocycles. The average Bonchev–Trinajstić information content (AvgIpc) is 2.61. The molecule has 0 amide bonds. The SMILES string of the molecule is CN1C(N)=N[C@](C)(c2cc(CC(=O)c3ccc(F)cn3)ccc2F)CS1(=O)=O. The molecule has 0 saturated carbocycles. The Hall–Kier alpha value is -2.88. The fourth-order valence-corrected chi connectivity index (χ4v) is 4.45. The fraction of sp³-hybridized carbons (Fsp3) is 0.278. The summed E-state index contributed by atoms with van der Waals surface area (Å²) in [6.45, 7) is 1.47. The molecule has 3 rings (SSSR count). The Morgan fingerprint density at radius 1 is 1.29 bits per heavy atom. The van der Waals surface area contributed by atoms with Crippen LogP contribution in [0.15, 0.2) is 41.5 Å².